The van der Waals surface area contributed by atoms with Gasteiger partial charge >= 0.3 is 5.97 Å². The van der Waals surface area contributed by atoms with Crippen LogP contribution in [0.15, 0.2) is 36.4 Å². The van der Waals surface area contributed by atoms with Crippen LogP contribution in [0.25, 0.3) is 0 Å². The Kier molecular flexibility index (Phi) is 6.33. The molecule has 0 aliphatic carbocycles. The second-order valence-electron chi connectivity index (χ2n) is 5.24. The molecular formula is C17H18ClNO6S. The van der Waals surface area contributed by atoms with Gasteiger partial charge in [-0.3, -0.25) is 4.72 Å². The number of ether oxygens (including phenoxy) is 3. The van der Waals surface area contributed by atoms with Gasteiger partial charge in [-0.1, -0.05) is 23.7 Å². The second kappa shape index (κ2) is 8.29. The summed E-state index contributed by atoms with van der Waals surface area (Å²) in [5.41, 5.74) is 1.05. The van der Waals surface area contributed by atoms with Crippen LogP contribution in [0.3, 0.4) is 0 Å². The molecule has 7 nitrogen and oxygen atoms in total. The van der Waals surface area contributed by atoms with Gasteiger partial charge in [-0.05, 0) is 17.7 Å². The number of nitrogens with one attached hydrogen (secondary N) is 1. The predicted molar refractivity (Wildman–Crippen MR) is 98.6 cm³/mol. The standard InChI is InChI=1S/C17H18ClNO6S/c1-23-15-9-14(16(24-2)8-13(15)18)19-26(21,22)10-11-4-6-12(7-5-11)17(20)25-3/h4-9,19H,10H2,1-3H3. The van der Waals surface area contributed by atoms with Crippen molar-refractivity contribution in [3.8, 4) is 11.5 Å². The largest absolute Gasteiger partial charge is 0.495 e. The summed E-state index contributed by atoms with van der Waals surface area (Å²) in [5.74, 6) is -0.203. The Morgan fingerprint density at radius 1 is 1.04 bits per heavy atom. The Morgan fingerprint density at radius 2 is 1.65 bits per heavy atom. The molecule has 0 atom stereocenters. The van der Waals surface area contributed by atoms with Crippen LogP contribution < -0.4 is 14.2 Å². The molecule has 0 fully saturated rings. The van der Waals surface area contributed by atoms with Gasteiger partial charge in [-0.2, -0.15) is 0 Å². The molecular weight excluding hydrogens is 382 g/mol. The van der Waals surface area contributed by atoms with Crippen LogP contribution in [0.4, 0.5) is 5.69 Å². The summed E-state index contributed by atoms with van der Waals surface area (Å²) in [6, 6.07) is 9.00. The average Bonchev–Trinajstić information content (AvgIpc) is 2.62. The van der Waals surface area contributed by atoms with Crippen LogP contribution >= 0.6 is 11.6 Å². The first kappa shape index (κ1) is 19.9. The summed E-state index contributed by atoms with van der Waals surface area (Å²) in [6.07, 6.45) is 0. The third-order valence-electron chi connectivity index (χ3n) is 3.47. The SMILES string of the molecule is COC(=O)c1ccc(CS(=O)(=O)Nc2cc(OC)c(Cl)cc2OC)cc1. The molecule has 0 amide bonds. The van der Waals surface area contributed by atoms with Gasteiger partial charge in [0.25, 0.3) is 0 Å². The number of hydrogen-bond acceptors (Lipinski definition) is 6. The van der Waals surface area contributed by atoms with Crippen LogP contribution in [0, 0.1) is 0 Å². The zero-order valence-corrected chi connectivity index (χ0v) is 16.0. The molecule has 2 rings (SSSR count). The van der Waals surface area contributed by atoms with Crippen molar-refractivity contribution in [1.29, 1.82) is 0 Å². The molecule has 0 radical (unpaired) electrons. The number of anilines is 1. The van der Waals surface area contributed by atoms with E-state index < -0.39 is 16.0 Å². The average molecular weight is 400 g/mol. The number of hydrogen-bond donors (Lipinski definition) is 1. The smallest absolute Gasteiger partial charge is 0.337 e. The summed E-state index contributed by atoms with van der Waals surface area (Å²) < 4.78 is 42.2. The van der Waals surface area contributed by atoms with Crippen LogP contribution in [0.2, 0.25) is 5.02 Å². The Labute approximate surface area is 156 Å². The number of carbonyl (C=O) groups excluding carboxylic acids is 1. The summed E-state index contributed by atoms with van der Waals surface area (Å²) in [4.78, 5) is 11.4. The topological polar surface area (TPSA) is 90.9 Å². The fourth-order valence-electron chi connectivity index (χ4n) is 2.22. The molecule has 26 heavy (non-hydrogen) atoms. The quantitative estimate of drug-likeness (QED) is 0.719. The van der Waals surface area contributed by atoms with E-state index in [9.17, 15) is 13.2 Å². The van der Waals surface area contributed by atoms with E-state index >= 15 is 0 Å². The number of esters is 1. The van der Waals surface area contributed by atoms with Gasteiger partial charge in [0.05, 0.1) is 43.4 Å². The molecule has 2 aromatic carbocycles. The first-order chi connectivity index (χ1) is 12.3. The van der Waals surface area contributed by atoms with Crippen molar-refractivity contribution in [2.45, 2.75) is 5.75 Å². The van der Waals surface area contributed by atoms with Crippen LogP contribution in [-0.2, 0) is 20.5 Å². The van der Waals surface area contributed by atoms with E-state index in [1.165, 1.54) is 45.6 Å². The minimum atomic E-state index is -3.74. The number of benzene rings is 2. The number of carbonyl (C=O) groups is 1. The lowest BCUT2D eigenvalue weighted by atomic mass is 10.1. The highest BCUT2D eigenvalue weighted by Gasteiger charge is 2.17. The lowest BCUT2D eigenvalue weighted by molar-refractivity contribution is 0.0600. The van der Waals surface area contributed by atoms with E-state index in [4.69, 9.17) is 21.1 Å². The highest BCUT2D eigenvalue weighted by Crippen LogP contribution is 2.36. The summed E-state index contributed by atoms with van der Waals surface area (Å²) in [5, 5.41) is 0.297. The molecule has 0 bridgehead atoms. The molecule has 0 heterocycles. The Bertz CT molecular complexity index is 896. The maximum Gasteiger partial charge on any atom is 0.337 e. The van der Waals surface area contributed by atoms with Crippen molar-refractivity contribution >= 4 is 33.3 Å². The molecule has 140 valence electrons. The summed E-state index contributed by atoms with van der Waals surface area (Å²) in [6.45, 7) is 0. The van der Waals surface area contributed by atoms with Gasteiger partial charge in [0, 0.05) is 12.1 Å². The van der Waals surface area contributed by atoms with Gasteiger partial charge in [0.1, 0.15) is 11.5 Å². The van der Waals surface area contributed by atoms with Gasteiger partial charge in [0.2, 0.25) is 10.0 Å². The summed E-state index contributed by atoms with van der Waals surface area (Å²) in [7, 11) is 0.364. The van der Waals surface area contributed by atoms with E-state index in [1.54, 1.807) is 12.1 Å². The number of sulfonamides is 1. The Hall–Kier alpha value is -2.45. The molecule has 0 aliphatic rings. The van der Waals surface area contributed by atoms with Gasteiger partial charge in [0.15, 0.2) is 0 Å². The molecule has 9 heteroatoms. The number of rotatable bonds is 7. The van der Waals surface area contributed by atoms with E-state index in [2.05, 4.69) is 9.46 Å². The molecule has 0 aromatic heterocycles. The maximum atomic E-state index is 12.5. The van der Waals surface area contributed by atoms with E-state index in [0.29, 0.717) is 21.9 Å². The minimum Gasteiger partial charge on any atom is -0.495 e. The zero-order chi connectivity index (χ0) is 19.3. The first-order valence-electron chi connectivity index (χ1n) is 7.39. The predicted octanol–water partition coefficient (Wildman–Crippen LogP) is 3.09. The third-order valence-corrected chi connectivity index (χ3v) is 5.01. The first-order valence-corrected chi connectivity index (χ1v) is 9.42. The lowest BCUT2D eigenvalue weighted by Crippen LogP contribution is -2.16. The molecule has 0 spiro atoms. The van der Waals surface area contributed by atoms with Crippen molar-refractivity contribution in [1.82, 2.24) is 0 Å². The molecule has 2 aromatic rings. The highest BCUT2D eigenvalue weighted by atomic mass is 35.5. The fraction of sp³-hybridized carbons (Fsp3) is 0.235. The monoisotopic (exact) mass is 399 g/mol. The van der Waals surface area contributed by atoms with Crippen molar-refractivity contribution in [3.05, 3.63) is 52.5 Å². The molecule has 0 saturated heterocycles. The van der Waals surface area contributed by atoms with Crippen LogP contribution in [0.1, 0.15) is 15.9 Å². The van der Waals surface area contributed by atoms with E-state index in [-0.39, 0.29) is 17.2 Å². The third kappa shape index (κ3) is 4.80. The molecule has 1 N–H and O–H groups in total. The zero-order valence-electron chi connectivity index (χ0n) is 14.4. The maximum absolute atomic E-state index is 12.5. The van der Waals surface area contributed by atoms with Crippen LogP contribution in [0.5, 0.6) is 11.5 Å². The normalized spacial score (nSPS) is 10.9. The van der Waals surface area contributed by atoms with Crippen molar-refractivity contribution in [2.24, 2.45) is 0 Å². The van der Waals surface area contributed by atoms with Crippen molar-refractivity contribution in [2.75, 3.05) is 26.1 Å². The Balaban J connectivity index is 2.22. The van der Waals surface area contributed by atoms with Gasteiger partial charge in [-0.15, -0.1) is 0 Å². The number of methoxy groups -OCH3 is 3. The highest BCUT2D eigenvalue weighted by molar-refractivity contribution is 7.91. The molecule has 0 aliphatic heterocycles. The number of halogens is 1. The van der Waals surface area contributed by atoms with E-state index in [1.807, 2.05) is 0 Å². The van der Waals surface area contributed by atoms with Crippen molar-refractivity contribution in [3.63, 3.8) is 0 Å². The molecule has 0 unspecified atom stereocenters. The van der Waals surface area contributed by atoms with E-state index in [0.717, 1.165) is 0 Å². The minimum absolute atomic E-state index is 0.208. The van der Waals surface area contributed by atoms with Crippen LogP contribution in [-0.4, -0.2) is 35.7 Å². The Morgan fingerprint density at radius 3 is 2.19 bits per heavy atom. The fourth-order valence-corrected chi connectivity index (χ4v) is 3.65. The van der Waals surface area contributed by atoms with Gasteiger partial charge < -0.3 is 14.2 Å². The molecule has 0 saturated carbocycles. The summed E-state index contributed by atoms with van der Waals surface area (Å²) >= 11 is 6.01. The van der Waals surface area contributed by atoms with Crippen molar-refractivity contribution < 1.29 is 27.4 Å². The lowest BCUT2D eigenvalue weighted by Gasteiger charge is -2.14. The van der Waals surface area contributed by atoms with Gasteiger partial charge in [-0.25, -0.2) is 13.2 Å². The second-order valence-corrected chi connectivity index (χ2v) is 7.37.